The maximum absolute atomic E-state index is 12.8. The van der Waals surface area contributed by atoms with Gasteiger partial charge < -0.3 is 24.5 Å². The van der Waals surface area contributed by atoms with Gasteiger partial charge in [-0.2, -0.15) is 4.80 Å². The molecule has 0 aliphatic carbocycles. The van der Waals surface area contributed by atoms with Crippen molar-refractivity contribution in [1.82, 2.24) is 35.1 Å². The summed E-state index contributed by atoms with van der Waals surface area (Å²) in [6.07, 6.45) is 3.03. The van der Waals surface area contributed by atoms with Crippen molar-refractivity contribution in [2.24, 2.45) is 0 Å². The van der Waals surface area contributed by atoms with E-state index in [1.165, 1.54) is 0 Å². The zero-order valence-electron chi connectivity index (χ0n) is 22.4. The first-order valence-electron chi connectivity index (χ1n) is 12.7. The minimum Gasteiger partial charge on any atom is -0.481 e. The van der Waals surface area contributed by atoms with Gasteiger partial charge in [0.25, 0.3) is 0 Å². The summed E-state index contributed by atoms with van der Waals surface area (Å²) < 4.78 is 12.8. The molecule has 0 aliphatic heterocycles. The molecule has 0 bridgehead atoms. The quantitative estimate of drug-likeness (QED) is 0.197. The van der Waals surface area contributed by atoms with Crippen LogP contribution in [0, 0.1) is 0 Å². The molecular formula is C25H35N7O6Si. The van der Waals surface area contributed by atoms with Crippen LogP contribution in [0.15, 0.2) is 42.7 Å². The molecule has 1 atom stereocenters. The predicted molar refractivity (Wildman–Crippen MR) is 142 cm³/mol. The van der Waals surface area contributed by atoms with Crippen molar-refractivity contribution < 1.29 is 29.0 Å². The Labute approximate surface area is 227 Å². The molecule has 0 saturated heterocycles. The van der Waals surface area contributed by atoms with E-state index in [4.69, 9.17) is 9.47 Å². The Balaban J connectivity index is 1.48. The van der Waals surface area contributed by atoms with Crippen LogP contribution in [0.25, 0.3) is 0 Å². The molecule has 1 unspecified atom stereocenters. The second-order valence-corrected chi connectivity index (χ2v) is 15.8. The van der Waals surface area contributed by atoms with E-state index < -0.39 is 38.4 Å². The van der Waals surface area contributed by atoms with Crippen molar-refractivity contribution in [3.63, 3.8) is 0 Å². The largest absolute Gasteiger partial charge is 0.481 e. The number of rotatable bonds is 16. The number of aryl methyl sites for hydroxylation is 2. The summed E-state index contributed by atoms with van der Waals surface area (Å²) in [6.45, 7) is 7.66. The number of imidazole rings is 1. The first-order chi connectivity index (χ1) is 18.6. The Kier molecular flexibility index (Phi) is 10.9. The number of tetrazole rings is 1. The lowest BCUT2D eigenvalue weighted by Crippen LogP contribution is -2.44. The number of nitrogens with zero attached hydrogens (tertiary/aromatic N) is 6. The zero-order valence-corrected chi connectivity index (χ0v) is 23.4. The first-order valence-corrected chi connectivity index (χ1v) is 16.4. The molecule has 2 aromatic heterocycles. The number of aromatic nitrogens is 6. The van der Waals surface area contributed by atoms with Crippen LogP contribution in [-0.2, 0) is 51.8 Å². The van der Waals surface area contributed by atoms with Crippen LogP contribution in [-0.4, -0.2) is 73.4 Å². The third-order valence-electron chi connectivity index (χ3n) is 5.66. The molecule has 13 nitrogen and oxygen atoms in total. The molecule has 39 heavy (non-hydrogen) atoms. The van der Waals surface area contributed by atoms with Crippen molar-refractivity contribution in [1.29, 1.82) is 0 Å². The summed E-state index contributed by atoms with van der Waals surface area (Å²) in [6, 6.07) is 8.75. The highest BCUT2D eigenvalue weighted by molar-refractivity contribution is 6.76. The topological polar surface area (TPSA) is 163 Å². The Hall–Kier alpha value is -3.91. The number of carboxylic acids is 1. The fraction of sp³-hybridized carbons (Fsp3) is 0.480. The average molecular weight is 558 g/mol. The molecule has 0 aliphatic rings. The lowest BCUT2D eigenvalue weighted by molar-refractivity contribution is -0.139. The van der Waals surface area contributed by atoms with Crippen LogP contribution in [0.1, 0.15) is 23.6 Å². The molecule has 3 aromatic rings. The summed E-state index contributed by atoms with van der Waals surface area (Å²) in [5.41, 5.74) is 0.755. The van der Waals surface area contributed by atoms with Gasteiger partial charge in [0.1, 0.15) is 31.7 Å². The summed E-state index contributed by atoms with van der Waals surface area (Å²) in [7, 11) is -1.16. The number of carbonyl (C=O) groups excluding carboxylic acids is 2. The average Bonchev–Trinajstić information content (AvgIpc) is 3.52. The van der Waals surface area contributed by atoms with Crippen LogP contribution < -0.4 is 5.32 Å². The molecule has 1 amide bonds. The Bertz CT molecular complexity index is 1220. The molecule has 3 rings (SSSR count). The lowest BCUT2D eigenvalue weighted by Gasteiger charge is -2.16. The van der Waals surface area contributed by atoms with E-state index in [1.54, 1.807) is 30.5 Å². The van der Waals surface area contributed by atoms with E-state index >= 15 is 0 Å². The number of ether oxygens (including phenoxy) is 2. The fourth-order valence-corrected chi connectivity index (χ4v) is 4.23. The highest BCUT2D eigenvalue weighted by Crippen LogP contribution is 2.09. The molecule has 0 radical (unpaired) electrons. The summed E-state index contributed by atoms with van der Waals surface area (Å²) in [4.78, 5) is 41.7. The maximum atomic E-state index is 12.8. The number of carboxylic acid groups (broad SMARTS) is 1. The number of aliphatic carboxylic acids is 1. The third-order valence-corrected chi connectivity index (χ3v) is 7.37. The second kappa shape index (κ2) is 14.3. The van der Waals surface area contributed by atoms with Crippen LogP contribution in [0.5, 0.6) is 0 Å². The van der Waals surface area contributed by atoms with E-state index in [0.29, 0.717) is 32.0 Å². The van der Waals surface area contributed by atoms with E-state index in [-0.39, 0.29) is 13.2 Å². The molecular weight excluding hydrogens is 522 g/mol. The Morgan fingerprint density at radius 1 is 1.13 bits per heavy atom. The standard InChI is InChI=1S/C25H35N7O6Si/c1-39(2,3)14-13-37-18-31-12-11-26-23(31)10-9-22-28-30-32(29-22)16-21(33)20(15-24(34)35)27-25(36)38-17-19-7-5-4-6-8-19/h4-8,11-12,20H,9-10,13-18H2,1-3H3,(H,27,36)(H,34,35). The van der Waals surface area contributed by atoms with Gasteiger partial charge in [-0.3, -0.25) is 9.59 Å². The molecule has 0 spiro atoms. The number of carbonyl (C=O) groups is 3. The number of amides is 1. The van der Waals surface area contributed by atoms with Crippen molar-refractivity contribution in [3.05, 3.63) is 59.9 Å². The van der Waals surface area contributed by atoms with E-state index in [1.807, 2.05) is 16.8 Å². The normalized spacial score (nSPS) is 12.2. The van der Waals surface area contributed by atoms with Gasteiger partial charge in [0, 0.05) is 39.9 Å². The van der Waals surface area contributed by atoms with Gasteiger partial charge in [0.05, 0.1) is 6.42 Å². The van der Waals surface area contributed by atoms with Gasteiger partial charge >= 0.3 is 12.1 Å². The minimum absolute atomic E-state index is 0.0164. The Morgan fingerprint density at radius 3 is 2.62 bits per heavy atom. The second-order valence-electron chi connectivity index (χ2n) is 10.2. The van der Waals surface area contributed by atoms with Crippen molar-refractivity contribution in [2.75, 3.05) is 6.61 Å². The van der Waals surface area contributed by atoms with Crippen molar-refractivity contribution in [2.45, 2.75) is 70.9 Å². The molecule has 2 N–H and O–H groups in total. The summed E-state index contributed by atoms with van der Waals surface area (Å²) in [5.74, 6) is -0.620. The zero-order chi connectivity index (χ0) is 28.3. The summed E-state index contributed by atoms with van der Waals surface area (Å²) in [5, 5.41) is 23.6. The number of benzene rings is 1. The van der Waals surface area contributed by atoms with E-state index in [0.717, 1.165) is 22.2 Å². The van der Waals surface area contributed by atoms with E-state index in [9.17, 15) is 19.5 Å². The molecule has 0 saturated carbocycles. The number of hydrogen-bond donors (Lipinski definition) is 2. The lowest BCUT2D eigenvalue weighted by atomic mass is 10.1. The smallest absolute Gasteiger partial charge is 0.408 e. The predicted octanol–water partition coefficient (Wildman–Crippen LogP) is 2.31. The molecule has 14 heteroatoms. The third kappa shape index (κ3) is 10.8. The van der Waals surface area contributed by atoms with Crippen molar-refractivity contribution >= 4 is 25.9 Å². The van der Waals surface area contributed by atoms with Crippen LogP contribution in [0.2, 0.25) is 25.7 Å². The number of hydrogen-bond acceptors (Lipinski definition) is 9. The van der Waals surface area contributed by atoms with Gasteiger partial charge in [-0.25, -0.2) is 9.78 Å². The molecule has 2 heterocycles. The first kappa shape index (κ1) is 29.6. The van der Waals surface area contributed by atoms with Crippen LogP contribution in [0.4, 0.5) is 4.79 Å². The number of Topliss-reactive ketones (excluding diaryl/α,β-unsaturated/α-hetero) is 1. The highest BCUT2D eigenvalue weighted by Gasteiger charge is 2.25. The number of nitrogens with one attached hydrogen (secondary N) is 1. The SMILES string of the molecule is C[Si](C)(C)CCOCn1ccnc1CCc1nnn(CC(=O)C(CC(=O)O)NC(=O)OCc2ccccc2)n1. The number of ketones is 1. The minimum atomic E-state index is -1.31. The van der Waals surface area contributed by atoms with E-state index in [2.05, 4.69) is 45.4 Å². The van der Waals surface area contributed by atoms with Gasteiger partial charge in [0.2, 0.25) is 0 Å². The molecule has 0 fully saturated rings. The molecule has 210 valence electrons. The summed E-state index contributed by atoms with van der Waals surface area (Å²) >= 11 is 0. The van der Waals surface area contributed by atoms with Gasteiger partial charge in [-0.05, 0) is 16.8 Å². The monoisotopic (exact) mass is 557 g/mol. The number of alkyl carbamates (subject to hydrolysis) is 1. The van der Waals surface area contributed by atoms with Gasteiger partial charge in [0.15, 0.2) is 11.6 Å². The molecule has 1 aromatic carbocycles. The van der Waals surface area contributed by atoms with Gasteiger partial charge in [-0.15, -0.1) is 10.2 Å². The van der Waals surface area contributed by atoms with Crippen LogP contribution in [0.3, 0.4) is 0 Å². The maximum Gasteiger partial charge on any atom is 0.408 e. The Morgan fingerprint density at radius 2 is 1.90 bits per heavy atom. The van der Waals surface area contributed by atoms with Crippen LogP contribution >= 0.6 is 0 Å². The van der Waals surface area contributed by atoms with Gasteiger partial charge in [-0.1, -0.05) is 50.0 Å². The highest BCUT2D eigenvalue weighted by atomic mass is 28.3. The fourth-order valence-electron chi connectivity index (χ4n) is 3.47. The van der Waals surface area contributed by atoms with Crippen molar-refractivity contribution in [3.8, 4) is 0 Å².